The average molecular weight is 423 g/mol. The predicted octanol–water partition coefficient (Wildman–Crippen LogP) is 4.31. The topological polar surface area (TPSA) is 61.2 Å². The summed E-state index contributed by atoms with van der Waals surface area (Å²) in [5.41, 5.74) is 0.442. The smallest absolute Gasteiger partial charge is 0.313 e. The zero-order valence-corrected chi connectivity index (χ0v) is 15.8. The first-order chi connectivity index (χ1) is 13.1. The molecule has 134 valence electrons. The second-order valence-electron chi connectivity index (χ2n) is 6.11. The highest BCUT2D eigenvalue weighted by Crippen LogP contribution is 2.25. The number of aryl methyl sites for hydroxylation is 1. The Morgan fingerprint density at radius 1 is 1.04 bits per heavy atom. The second kappa shape index (κ2) is 7.32. The van der Waals surface area contributed by atoms with E-state index in [2.05, 4.69) is 20.9 Å². The minimum Gasteiger partial charge on any atom is -0.426 e. The largest absolute Gasteiger partial charge is 0.426 e. The summed E-state index contributed by atoms with van der Waals surface area (Å²) in [7, 11) is 0. The number of nitrogens with zero attached hydrogens (tertiary/aromatic N) is 2. The lowest BCUT2D eigenvalue weighted by molar-refractivity contribution is -0.134. The van der Waals surface area contributed by atoms with E-state index in [4.69, 9.17) is 4.74 Å². The van der Waals surface area contributed by atoms with Crippen LogP contribution in [0.15, 0.2) is 76.3 Å². The number of carbonyl (C=O) groups is 1. The number of carbonyl (C=O) groups excluding carboxylic acids is 1. The van der Waals surface area contributed by atoms with E-state index in [9.17, 15) is 9.59 Å². The van der Waals surface area contributed by atoms with Crippen LogP contribution < -0.4 is 10.3 Å². The Bertz CT molecular complexity index is 1210. The van der Waals surface area contributed by atoms with Gasteiger partial charge in [0.05, 0.1) is 23.7 Å². The molecule has 0 atom stereocenters. The van der Waals surface area contributed by atoms with E-state index < -0.39 is 5.97 Å². The van der Waals surface area contributed by atoms with E-state index in [1.54, 1.807) is 18.2 Å². The van der Waals surface area contributed by atoms with Crippen LogP contribution in [0.3, 0.4) is 0 Å². The zero-order chi connectivity index (χ0) is 18.8. The Hall–Kier alpha value is -2.99. The summed E-state index contributed by atoms with van der Waals surface area (Å²) in [5.74, 6) is 0.124. The molecule has 0 aliphatic heterocycles. The Labute approximate surface area is 163 Å². The maximum absolute atomic E-state index is 12.6. The van der Waals surface area contributed by atoms with Crippen molar-refractivity contribution in [2.24, 2.45) is 0 Å². The van der Waals surface area contributed by atoms with E-state index >= 15 is 0 Å². The molecule has 5 nitrogen and oxygen atoms in total. The van der Waals surface area contributed by atoms with Crippen molar-refractivity contribution in [2.45, 2.75) is 13.0 Å². The van der Waals surface area contributed by atoms with Crippen molar-refractivity contribution < 1.29 is 9.53 Å². The zero-order valence-electron chi connectivity index (χ0n) is 14.3. The lowest BCUT2D eigenvalue weighted by Gasteiger charge is -2.09. The van der Waals surface area contributed by atoms with Gasteiger partial charge in [-0.15, -0.1) is 0 Å². The van der Waals surface area contributed by atoms with Crippen LogP contribution in [-0.4, -0.2) is 15.5 Å². The Balaban J connectivity index is 1.52. The molecule has 1 aromatic heterocycles. The SMILES string of the molecule is O=C(CCn1cnc2ccc(Br)cc2c1=O)Oc1cccc2ccccc12. The van der Waals surface area contributed by atoms with Crippen molar-refractivity contribution in [2.75, 3.05) is 0 Å². The molecule has 0 radical (unpaired) electrons. The van der Waals surface area contributed by atoms with Gasteiger partial charge in [-0.2, -0.15) is 0 Å². The van der Waals surface area contributed by atoms with Gasteiger partial charge in [-0.3, -0.25) is 14.2 Å². The van der Waals surface area contributed by atoms with Crippen molar-refractivity contribution in [3.8, 4) is 5.75 Å². The number of halogens is 1. The van der Waals surface area contributed by atoms with Gasteiger partial charge in [0.1, 0.15) is 5.75 Å². The quantitative estimate of drug-likeness (QED) is 0.363. The first-order valence-electron chi connectivity index (χ1n) is 8.45. The highest BCUT2D eigenvalue weighted by molar-refractivity contribution is 9.10. The van der Waals surface area contributed by atoms with Gasteiger partial charge in [0.2, 0.25) is 0 Å². The van der Waals surface area contributed by atoms with Crippen molar-refractivity contribution >= 4 is 43.6 Å². The van der Waals surface area contributed by atoms with Crippen LogP contribution in [-0.2, 0) is 11.3 Å². The molecule has 0 saturated heterocycles. The van der Waals surface area contributed by atoms with Gasteiger partial charge in [0.15, 0.2) is 0 Å². The molecule has 0 fully saturated rings. The van der Waals surface area contributed by atoms with Crippen LogP contribution in [0.2, 0.25) is 0 Å². The molecule has 0 aliphatic carbocycles. The van der Waals surface area contributed by atoms with Crippen LogP contribution in [0.1, 0.15) is 6.42 Å². The molecular weight excluding hydrogens is 408 g/mol. The second-order valence-corrected chi connectivity index (χ2v) is 7.02. The number of hydrogen-bond acceptors (Lipinski definition) is 4. The van der Waals surface area contributed by atoms with Gasteiger partial charge in [0, 0.05) is 16.4 Å². The van der Waals surface area contributed by atoms with Crippen molar-refractivity contribution in [3.05, 3.63) is 81.8 Å². The van der Waals surface area contributed by atoms with E-state index in [-0.39, 0.29) is 18.5 Å². The average Bonchev–Trinajstić information content (AvgIpc) is 2.68. The van der Waals surface area contributed by atoms with Gasteiger partial charge >= 0.3 is 5.97 Å². The van der Waals surface area contributed by atoms with Crippen LogP contribution in [0.25, 0.3) is 21.7 Å². The molecule has 27 heavy (non-hydrogen) atoms. The van der Waals surface area contributed by atoms with Gasteiger partial charge in [-0.25, -0.2) is 4.98 Å². The van der Waals surface area contributed by atoms with Gasteiger partial charge in [0.25, 0.3) is 5.56 Å². The van der Waals surface area contributed by atoms with Crippen LogP contribution in [0.4, 0.5) is 0 Å². The Morgan fingerprint density at radius 3 is 2.74 bits per heavy atom. The summed E-state index contributed by atoms with van der Waals surface area (Å²) in [6.07, 6.45) is 1.54. The summed E-state index contributed by atoms with van der Waals surface area (Å²) >= 11 is 3.36. The number of fused-ring (bicyclic) bond motifs is 2. The fraction of sp³-hybridized carbons (Fsp3) is 0.0952. The van der Waals surface area contributed by atoms with Crippen molar-refractivity contribution in [3.63, 3.8) is 0 Å². The molecule has 0 unspecified atom stereocenters. The molecule has 0 aliphatic rings. The van der Waals surface area contributed by atoms with E-state index in [1.165, 1.54) is 10.9 Å². The van der Waals surface area contributed by atoms with Crippen LogP contribution >= 0.6 is 15.9 Å². The lowest BCUT2D eigenvalue weighted by Crippen LogP contribution is -2.23. The molecule has 4 aromatic rings. The monoisotopic (exact) mass is 422 g/mol. The van der Waals surface area contributed by atoms with Crippen LogP contribution in [0, 0.1) is 0 Å². The Kier molecular flexibility index (Phi) is 4.73. The molecule has 0 bridgehead atoms. The summed E-state index contributed by atoms with van der Waals surface area (Å²) in [6, 6.07) is 18.6. The minimum absolute atomic E-state index is 0.0737. The highest BCUT2D eigenvalue weighted by Gasteiger charge is 2.10. The summed E-state index contributed by atoms with van der Waals surface area (Å²) in [4.78, 5) is 29.1. The molecule has 4 rings (SSSR count). The molecule has 0 N–H and O–H groups in total. The van der Waals surface area contributed by atoms with Crippen molar-refractivity contribution in [1.82, 2.24) is 9.55 Å². The maximum atomic E-state index is 12.6. The van der Waals surface area contributed by atoms with Gasteiger partial charge in [-0.1, -0.05) is 52.3 Å². The van der Waals surface area contributed by atoms with Crippen molar-refractivity contribution in [1.29, 1.82) is 0 Å². The fourth-order valence-electron chi connectivity index (χ4n) is 2.96. The molecule has 0 spiro atoms. The number of ether oxygens (including phenoxy) is 1. The van der Waals surface area contributed by atoms with E-state index in [1.807, 2.05) is 42.5 Å². The van der Waals surface area contributed by atoms with Gasteiger partial charge in [-0.05, 0) is 29.7 Å². The van der Waals surface area contributed by atoms with E-state index in [0.717, 1.165) is 15.2 Å². The number of hydrogen-bond donors (Lipinski definition) is 0. The number of esters is 1. The van der Waals surface area contributed by atoms with E-state index in [0.29, 0.717) is 16.7 Å². The third-order valence-electron chi connectivity index (χ3n) is 4.32. The molecular formula is C21H15BrN2O3. The first kappa shape index (κ1) is 17.4. The summed E-state index contributed by atoms with van der Waals surface area (Å²) in [6.45, 7) is 0.206. The predicted molar refractivity (Wildman–Crippen MR) is 108 cm³/mol. The molecule has 3 aromatic carbocycles. The summed E-state index contributed by atoms with van der Waals surface area (Å²) < 4.78 is 7.75. The Morgan fingerprint density at radius 2 is 1.85 bits per heavy atom. The summed E-state index contributed by atoms with van der Waals surface area (Å²) in [5, 5.41) is 2.39. The molecule has 0 amide bonds. The molecule has 6 heteroatoms. The normalized spacial score (nSPS) is 11.0. The number of aromatic nitrogens is 2. The number of benzene rings is 3. The molecule has 0 saturated carbocycles. The highest BCUT2D eigenvalue weighted by atomic mass is 79.9. The fourth-order valence-corrected chi connectivity index (χ4v) is 3.32. The van der Waals surface area contributed by atoms with Crippen LogP contribution in [0.5, 0.6) is 5.75 Å². The minimum atomic E-state index is -0.396. The van der Waals surface area contributed by atoms with Gasteiger partial charge < -0.3 is 4.74 Å². The maximum Gasteiger partial charge on any atom is 0.313 e. The number of rotatable bonds is 4. The molecule has 1 heterocycles. The third-order valence-corrected chi connectivity index (χ3v) is 4.81. The third kappa shape index (κ3) is 3.61. The first-order valence-corrected chi connectivity index (χ1v) is 9.24. The standard InChI is InChI=1S/C21H15BrN2O3/c22-15-8-9-18-17(12-15)21(26)24(13-23-18)11-10-20(25)27-19-7-3-5-14-4-1-2-6-16(14)19/h1-9,12-13H,10-11H2. The lowest BCUT2D eigenvalue weighted by atomic mass is 10.1.